The van der Waals surface area contributed by atoms with Crippen LogP contribution in [-0.2, 0) is 38.0 Å². The summed E-state index contributed by atoms with van der Waals surface area (Å²) < 4.78 is 41.6. The zero-order valence-corrected chi connectivity index (χ0v) is 35.0. The summed E-state index contributed by atoms with van der Waals surface area (Å²) in [5, 5.41) is 89.4. The molecule has 8 rings (SSSR count). The number of esters is 1. The molecule has 4 aliphatic carbocycles. The highest BCUT2D eigenvalue weighted by molar-refractivity contribution is 5.85. The molecule has 16 heteroatoms. The van der Waals surface area contributed by atoms with Gasteiger partial charge in [-0.25, -0.2) is 4.79 Å². The van der Waals surface area contributed by atoms with Crippen LogP contribution < -0.4 is 0 Å². The van der Waals surface area contributed by atoms with Crippen LogP contribution in [0.15, 0.2) is 11.6 Å². The topological polar surface area (TPSA) is 244 Å². The van der Waals surface area contributed by atoms with Gasteiger partial charge in [0, 0.05) is 17.9 Å². The van der Waals surface area contributed by atoms with Crippen LogP contribution in [0.1, 0.15) is 105 Å². The number of aliphatic hydroxyl groups excluding tert-OH is 7. The quantitative estimate of drug-likeness (QED) is 0.166. The lowest BCUT2D eigenvalue weighted by molar-refractivity contribution is -0.350. The summed E-state index contributed by atoms with van der Waals surface area (Å²) >= 11 is 0. The van der Waals surface area contributed by atoms with Crippen molar-refractivity contribution in [3.8, 4) is 0 Å². The van der Waals surface area contributed by atoms with Gasteiger partial charge in [0.15, 0.2) is 18.9 Å². The first-order chi connectivity index (χ1) is 27.8. The van der Waals surface area contributed by atoms with Crippen molar-refractivity contribution in [3.05, 3.63) is 11.6 Å². The fourth-order valence-electron chi connectivity index (χ4n) is 13.0. The first-order valence-electron chi connectivity index (χ1n) is 22.1. The molecule has 4 saturated carbocycles. The van der Waals surface area contributed by atoms with Gasteiger partial charge in [-0.15, -0.1) is 0 Å². The maximum atomic E-state index is 12.7. The third-order valence-electron chi connectivity index (χ3n) is 16.4. The zero-order chi connectivity index (χ0) is 42.3. The molecule has 0 radical (unpaired) electrons. The van der Waals surface area contributed by atoms with Crippen molar-refractivity contribution >= 4 is 5.97 Å². The minimum Gasteiger partial charge on any atom is -0.458 e. The molecule has 3 saturated heterocycles. The molecule has 23 atom stereocenters. The lowest BCUT2D eigenvalue weighted by atomic mass is 9.49. The van der Waals surface area contributed by atoms with E-state index in [1.165, 1.54) is 6.92 Å². The molecule has 8 aliphatic rings. The van der Waals surface area contributed by atoms with Crippen molar-refractivity contribution in [3.63, 3.8) is 0 Å². The van der Waals surface area contributed by atoms with Gasteiger partial charge in [-0.3, -0.25) is 0 Å². The van der Waals surface area contributed by atoms with Gasteiger partial charge in [-0.2, -0.15) is 0 Å². The summed E-state index contributed by atoms with van der Waals surface area (Å²) in [6, 6.07) is 0. The van der Waals surface area contributed by atoms with E-state index in [1.807, 2.05) is 0 Å². The molecule has 8 N–H and O–H groups in total. The first-order valence-corrected chi connectivity index (χ1v) is 22.1. The van der Waals surface area contributed by atoms with E-state index in [4.69, 9.17) is 33.2 Å². The van der Waals surface area contributed by atoms with Crippen molar-refractivity contribution in [2.24, 2.45) is 34.5 Å². The summed E-state index contributed by atoms with van der Waals surface area (Å²) in [5.41, 5.74) is -0.150. The van der Waals surface area contributed by atoms with Gasteiger partial charge >= 0.3 is 5.97 Å². The highest BCUT2D eigenvalue weighted by atomic mass is 16.7. The van der Waals surface area contributed by atoms with Crippen molar-refractivity contribution < 1.29 is 78.8 Å². The molecule has 2 bridgehead atoms. The Morgan fingerprint density at radius 3 is 2.03 bits per heavy atom. The Morgan fingerprint density at radius 1 is 0.661 bits per heavy atom. The van der Waals surface area contributed by atoms with Crippen molar-refractivity contribution in [1.82, 2.24) is 0 Å². The largest absolute Gasteiger partial charge is 0.458 e. The number of cyclic esters (lactones) is 1. The minimum atomic E-state index is -1.71. The van der Waals surface area contributed by atoms with E-state index in [9.17, 15) is 45.6 Å². The summed E-state index contributed by atoms with van der Waals surface area (Å²) in [6.07, 6.45) is -9.96. The smallest absolute Gasteiger partial charge is 0.331 e. The van der Waals surface area contributed by atoms with Crippen LogP contribution in [0.3, 0.4) is 0 Å². The molecule has 0 spiro atoms. The Kier molecular flexibility index (Phi) is 12.5. The molecule has 4 aliphatic heterocycles. The van der Waals surface area contributed by atoms with E-state index in [0.717, 1.165) is 63.4 Å². The van der Waals surface area contributed by atoms with Crippen LogP contribution in [0.4, 0.5) is 0 Å². The lowest BCUT2D eigenvalue weighted by Gasteiger charge is -2.58. The molecule has 7 fully saturated rings. The van der Waals surface area contributed by atoms with Gasteiger partial charge in [0.25, 0.3) is 0 Å². The Hall–Kier alpha value is -1.35. The van der Waals surface area contributed by atoms with Gasteiger partial charge < -0.3 is 74.0 Å². The number of fused-ring (bicyclic) bond motifs is 6. The van der Waals surface area contributed by atoms with Crippen LogP contribution in [-0.4, -0.2) is 157 Å². The minimum absolute atomic E-state index is 0.00941. The third kappa shape index (κ3) is 7.87. The molecule has 59 heavy (non-hydrogen) atoms. The van der Waals surface area contributed by atoms with E-state index < -0.39 is 97.7 Å². The number of carbonyl (C=O) groups excluding carboxylic acids is 1. The summed E-state index contributed by atoms with van der Waals surface area (Å²) in [6.45, 7) is 9.72. The maximum Gasteiger partial charge on any atom is 0.331 e. The Bertz CT molecular complexity index is 1550. The number of carbonyl (C=O) groups is 1. The van der Waals surface area contributed by atoms with E-state index in [2.05, 4.69) is 13.8 Å². The first kappa shape index (κ1) is 44.3. The molecule has 336 valence electrons. The Morgan fingerprint density at radius 2 is 1.32 bits per heavy atom. The van der Waals surface area contributed by atoms with Crippen LogP contribution in [0.5, 0.6) is 0 Å². The average molecular weight is 841 g/mol. The fourth-order valence-corrected chi connectivity index (χ4v) is 13.0. The van der Waals surface area contributed by atoms with Crippen molar-refractivity contribution in [1.29, 1.82) is 0 Å². The molecule has 0 aromatic heterocycles. The molecule has 0 aromatic rings. The average Bonchev–Trinajstić information content (AvgIpc) is 3.59. The fraction of sp³-hybridized carbons (Fsp3) is 0.930. The normalized spacial score (nSPS) is 55.5. The van der Waals surface area contributed by atoms with Crippen molar-refractivity contribution in [2.75, 3.05) is 6.61 Å². The monoisotopic (exact) mass is 840 g/mol. The number of hydrogen-bond acceptors (Lipinski definition) is 16. The second-order valence-electron chi connectivity index (χ2n) is 20.0. The van der Waals surface area contributed by atoms with E-state index in [0.29, 0.717) is 24.9 Å². The number of hydrogen-bond donors (Lipinski definition) is 8. The second-order valence-corrected chi connectivity index (χ2v) is 20.0. The van der Waals surface area contributed by atoms with Gasteiger partial charge in [0.2, 0.25) is 0 Å². The molecule has 16 nitrogen and oxygen atoms in total. The van der Waals surface area contributed by atoms with Crippen LogP contribution in [0.2, 0.25) is 0 Å². The molecular formula is C43H68O16. The Balaban J connectivity index is 0.934. The highest BCUT2D eigenvalue weighted by Crippen LogP contribution is 2.68. The second kappa shape index (κ2) is 16.6. The summed E-state index contributed by atoms with van der Waals surface area (Å²) in [5.74, 6) is 0.651. The molecule has 4 heterocycles. The number of ether oxygens (including phenoxy) is 7. The SMILES string of the molecule is CC1CC(O)C(OC2OC(C)C(O)C(O)C2O)C(O)C(OC2C(O)C(C)OC(OC3CCC4(C)CC(CCC5C4CCC4(C)C(C6=CC(=O)OC6)CCC54O)C3)C2O)O1. The predicted molar refractivity (Wildman–Crippen MR) is 205 cm³/mol. The highest BCUT2D eigenvalue weighted by Gasteiger charge is 2.66. The summed E-state index contributed by atoms with van der Waals surface area (Å²) in [7, 11) is 0. The van der Waals surface area contributed by atoms with Crippen LogP contribution in [0.25, 0.3) is 0 Å². The van der Waals surface area contributed by atoms with Crippen LogP contribution >= 0.6 is 0 Å². The van der Waals surface area contributed by atoms with E-state index in [-0.39, 0.29) is 41.2 Å². The molecule has 0 amide bonds. The van der Waals surface area contributed by atoms with E-state index in [1.54, 1.807) is 19.9 Å². The molecular weight excluding hydrogens is 772 g/mol. The van der Waals surface area contributed by atoms with Gasteiger partial charge in [0.05, 0.1) is 36.1 Å². The van der Waals surface area contributed by atoms with E-state index >= 15 is 0 Å². The number of aliphatic hydroxyl groups is 8. The molecule has 0 aromatic carbocycles. The van der Waals surface area contributed by atoms with Gasteiger partial charge in [-0.05, 0) is 120 Å². The van der Waals surface area contributed by atoms with Gasteiger partial charge in [0.1, 0.15) is 55.4 Å². The maximum absolute atomic E-state index is 12.7. The van der Waals surface area contributed by atoms with Crippen LogP contribution in [0, 0.1) is 34.5 Å². The third-order valence-corrected chi connectivity index (χ3v) is 16.4. The Labute approximate surface area is 346 Å². The lowest BCUT2D eigenvalue weighted by Crippen LogP contribution is -2.62. The standard InChI is InChI=1S/C43H68O16/c1-19-14-28(44)36(58-38-33(49)32(48)30(46)20(2)55-38)34(50)39(54-19)59-37-31(47)21(3)56-40(35(37)51)57-24-8-11-41(4)17-22(15-24)6-7-27-26(41)9-12-42(5)25(10-13-43(27,42)52)23-16-29(45)53-18-23/h16,19-22,24-28,30-40,44,46-52H,6-15,17-18H2,1-5H3. The summed E-state index contributed by atoms with van der Waals surface area (Å²) in [4.78, 5) is 12.0. The number of rotatable bonds is 7. The zero-order valence-electron chi connectivity index (χ0n) is 35.0. The predicted octanol–water partition coefficient (Wildman–Crippen LogP) is 0.940. The molecule has 23 unspecified atom stereocenters. The van der Waals surface area contributed by atoms with Crippen molar-refractivity contribution in [2.45, 2.75) is 209 Å². The van der Waals surface area contributed by atoms with Gasteiger partial charge in [-0.1, -0.05) is 13.8 Å².